The van der Waals surface area contributed by atoms with Crippen LogP contribution in [0.5, 0.6) is 11.5 Å². The molecule has 2 aromatic rings. The number of nitrogens with one attached hydrogen (secondary N) is 1. The molecule has 0 radical (unpaired) electrons. The minimum atomic E-state index is -0.186. The number of hydrogen-bond acceptors (Lipinski definition) is 5. The second-order valence-electron chi connectivity index (χ2n) is 7.04. The van der Waals surface area contributed by atoms with E-state index in [4.69, 9.17) is 9.47 Å². The summed E-state index contributed by atoms with van der Waals surface area (Å²) in [4.78, 5) is 17.3. The van der Waals surface area contributed by atoms with Gasteiger partial charge in [0, 0.05) is 43.6 Å². The molecule has 27 heavy (non-hydrogen) atoms. The molecule has 4 rings (SSSR count). The standard InChI is InChI=1S/C21H25N3O3/c1-15-5-3-4-6-18(15)24-11-9-23(10-12-24)16(2)21(25)22-17-7-8-19-20(13-17)27-14-26-19/h3-8,13,16H,9-12,14H2,1-2H3,(H,22,25)/t16-/m0/s1. The van der Waals surface area contributed by atoms with Crippen molar-refractivity contribution in [1.82, 2.24) is 4.90 Å². The summed E-state index contributed by atoms with van der Waals surface area (Å²) in [6.07, 6.45) is 0. The summed E-state index contributed by atoms with van der Waals surface area (Å²) in [5.74, 6) is 1.39. The summed E-state index contributed by atoms with van der Waals surface area (Å²) >= 11 is 0. The van der Waals surface area contributed by atoms with E-state index in [9.17, 15) is 4.79 Å². The van der Waals surface area contributed by atoms with Gasteiger partial charge in [-0.15, -0.1) is 0 Å². The highest BCUT2D eigenvalue weighted by atomic mass is 16.7. The van der Waals surface area contributed by atoms with Crippen molar-refractivity contribution in [1.29, 1.82) is 0 Å². The molecule has 0 unspecified atom stereocenters. The number of anilines is 2. The van der Waals surface area contributed by atoms with E-state index in [1.165, 1.54) is 11.3 Å². The Morgan fingerprint density at radius 3 is 2.56 bits per heavy atom. The topological polar surface area (TPSA) is 54.0 Å². The smallest absolute Gasteiger partial charge is 0.241 e. The van der Waals surface area contributed by atoms with Crippen molar-refractivity contribution in [3.8, 4) is 11.5 Å². The highest BCUT2D eigenvalue weighted by molar-refractivity contribution is 5.94. The lowest BCUT2D eigenvalue weighted by Crippen LogP contribution is -2.53. The minimum absolute atomic E-state index is 0.00166. The maximum atomic E-state index is 12.7. The van der Waals surface area contributed by atoms with Crippen molar-refractivity contribution in [3.05, 3.63) is 48.0 Å². The number of ether oxygens (including phenoxy) is 2. The quantitative estimate of drug-likeness (QED) is 0.901. The molecular weight excluding hydrogens is 342 g/mol. The van der Waals surface area contributed by atoms with Gasteiger partial charge in [0.2, 0.25) is 12.7 Å². The first-order valence-electron chi connectivity index (χ1n) is 9.37. The van der Waals surface area contributed by atoms with Crippen molar-refractivity contribution in [2.45, 2.75) is 19.9 Å². The van der Waals surface area contributed by atoms with Crippen LogP contribution in [0.4, 0.5) is 11.4 Å². The number of carbonyl (C=O) groups is 1. The van der Waals surface area contributed by atoms with Crippen LogP contribution in [0, 0.1) is 6.92 Å². The SMILES string of the molecule is Cc1ccccc1N1CCN([C@@H](C)C(=O)Nc2ccc3c(c2)OCO3)CC1. The van der Waals surface area contributed by atoms with Crippen LogP contribution in [0.15, 0.2) is 42.5 Å². The van der Waals surface area contributed by atoms with Crippen LogP contribution >= 0.6 is 0 Å². The number of carbonyl (C=O) groups excluding carboxylic acids is 1. The van der Waals surface area contributed by atoms with E-state index >= 15 is 0 Å². The van der Waals surface area contributed by atoms with Gasteiger partial charge in [-0.25, -0.2) is 0 Å². The van der Waals surface area contributed by atoms with Crippen LogP contribution in [0.2, 0.25) is 0 Å². The Morgan fingerprint density at radius 1 is 1.04 bits per heavy atom. The first-order valence-corrected chi connectivity index (χ1v) is 9.37. The fourth-order valence-electron chi connectivity index (χ4n) is 3.66. The Kier molecular flexibility index (Phi) is 4.90. The van der Waals surface area contributed by atoms with Crippen LogP contribution < -0.4 is 19.7 Å². The summed E-state index contributed by atoms with van der Waals surface area (Å²) in [6.45, 7) is 7.91. The van der Waals surface area contributed by atoms with Crippen LogP contribution in [-0.4, -0.2) is 49.8 Å². The van der Waals surface area contributed by atoms with Gasteiger partial charge in [-0.05, 0) is 37.6 Å². The highest BCUT2D eigenvalue weighted by Gasteiger charge is 2.26. The lowest BCUT2D eigenvalue weighted by molar-refractivity contribution is -0.120. The molecule has 6 heteroatoms. The maximum absolute atomic E-state index is 12.7. The molecule has 0 spiro atoms. The van der Waals surface area contributed by atoms with E-state index in [-0.39, 0.29) is 18.7 Å². The van der Waals surface area contributed by atoms with Crippen LogP contribution in [-0.2, 0) is 4.79 Å². The Hall–Kier alpha value is -2.73. The summed E-state index contributed by atoms with van der Waals surface area (Å²) in [7, 11) is 0. The Morgan fingerprint density at radius 2 is 1.78 bits per heavy atom. The van der Waals surface area contributed by atoms with E-state index in [0.29, 0.717) is 11.5 Å². The molecule has 0 saturated carbocycles. The molecule has 1 N–H and O–H groups in total. The molecule has 142 valence electrons. The van der Waals surface area contributed by atoms with Crippen molar-refractivity contribution < 1.29 is 14.3 Å². The molecule has 0 bridgehead atoms. The molecule has 1 fully saturated rings. The number of para-hydroxylation sites is 1. The zero-order valence-corrected chi connectivity index (χ0v) is 15.8. The largest absolute Gasteiger partial charge is 0.454 e. The number of aryl methyl sites for hydroxylation is 1. The average molecular weight is 367 g/mol. The third-order valence-electron chi connectivity index (χ3n) is 5.34. The monoisotopic (exact) mass is 367 g/mol. The molecule has 0 aromatic heterocycles. The number of hydrogen-bond donors (Lipinski definition) is 1. The Bertz CT molecular complexity index is 831. The fourth-order valence-corrected chi connectivity index (χ4v) is 3.66. The Balaban J connectivity index is 1.34. The predicted octanol–water partition coefficient (Wildman–Crippen LogP) is 2.87. The van der Waals surface area contributed by atoms with Gasteiger partial charge in [0.05, 0.1) is 6.04 Å². The van der Waals surface area contributed by atoms with Gasteiger partial charge >= 0.3 is 0 Å². The molecular formula is C21H25N3O3. The normalized spacial score (nSPS) is 17.6. The number of rotatable bonds is 4. The molecule has 2 aliphatic heterocycles. The lowest BCUT2D eigenvalue weighted by Gasteiger charge is -2.39. The van der Waals surface area contributed by atoms with Gasteiger partial charge in [0.1, 0.15) is 0 Å². The second kappa shape index (κ2) is 7.48. The molecule has 6 nitrogen and oxygen atoms in total. The maximum Gasteiger partial charge on any atom is 0.241 e. The van der Waals surface area contributed by atoms with Crippen molar-refractivity contribution in [3.63, 3.8) is 0 Å². The van der Waals surface area contributed by atoms with Crippen LogP contribution in [0.1, 0.15) is 12.5 Å². The first-order chi connectivity index (χ1) is 13.1. The molecule has 2 heterocycles. The average Bonchev–Trinajstić information content (AvgIpc) is 3.16. The van der Waals surface area contributed by atoms with Gasteiger partial charge in [0.15, 0.2) is 11.5 Å². The summed E-state index contributed by atoms with van der Waals surface area (Å²) in [5.41, 5.74) is 3.31. The minimum Gasteiger partial charge on any atom is -0.454 e. The number of piperazine rings is 1. The highest BCUT2D eigenvalue weighted by Crippen LogP contribution is 2.34. The third-order valence-corrected chi connectivity index (χ3v) is 5.34. The first kappa shape index (κ1) is 17.7. The Labute approximate surface area is 159 Å². The molecule has 0 aliphatic carbocycles. The zero-order chi connectivity index (χ0) is 18.8. The fraction of sp³-hybridized carbons (Fsp3) is 0.381. The zero-order valence-electron chi connectivity index (χ0n) is 15.8. The van der Waals surface area contributed by atoms with Gasteiger partial charge in [0.25, 0.3) is 0 Å². The molecule has 1 amide bonds. The number of fused-ring (bicyclic) bond motifs is 1. The van der Waals surface area contributed by atoms with E-state index in [2.05, 4.69) is 46.3 Å². The van der Waals surface area contributed by atoms with Gasteiger partial charge in [-0.3, -0.25) is 9.69 Å². The van der Waals surface area contributed by atoms with Crippen molar-refractivity contribution >= 4 is 17.3 Å². The van der Waals surface area contributed by atoms with E-state index < -0.39 is 0 Å². The number of nitrogens with zero attached hydrogens (tertiary/aromatic N) is 2. The third kappa shape index (κ3) is 3.71. The molecule has 1 atom stereocenters. The molecule has 1 saturated heterocycles. The predicted molar refractivity (Wildman–Crippen MR) is 106 cm³/mol. The van der Waals surface area contributed by atoms with Gasteiger partial charge in [-0.1, -0.05) is 18.2 Å². The number of benzene rings is 2. The van der Waals surface area contributed by atoms with Gasteiger partial charge < -0.3 is 19.7 Å². The van der Waals surface area contributed by atoms with E-state index in [1.807, 2.05) is 25.1 Å². The lowest BCUT2D eigenvalue weighted by atomic mass is 10.1. The molecule has 2 aromatic carbocycles. The van der Waals surface area contributed by atoms with E-state index in [0.717, 1.165) is 31.9 Å². The van der Waals surface area contributed by atoms with Crippen molar-refractivity contribution in [2.75, 3.05) is 43.2 Å². The van der Waals surface area contributed by atoms with Gasteiger partial charge in [-0.2, -0.15) is 0 Å². The van der Waals surface area contributed by atoms with Crippen molar-refractivity contribution in [2.24, 2.45) is 0 Å². The van der Waals surface area contributed by atoms with E-state index in [1.54, 1.807) is 0 Å². The molecule has 2 aliphatic rings. The summed E-state index contributed by atoms with van der Waals surface area (Å²) < 4.78 is 10.7. The number of amides is 1. The van der Waals surface area contributed by atoms with Crippen LogP contribution in [0.25, 0.3) is 0 Å². The summed E-state index contributed by atoms with van der Waals surface area (Å²) in [6, 6.07) is 13.7. The van der Waals surface area contributed by atoms with Crippen LogP contribution in [0.3, 0.4) is 0 Å². The second-order valence-corrected chi connectivity index (χ2v) is 7.04. The summed E-state index contributed by atoms with van der Waals surface area (Å²) in [5, 5.41) is 2.99.